The number of carbonyl (C=O) groups is 2. The summed E-state index contributed by atoms with van der Waals surface area (Å²) in [7, 11) is 0. The molecule has 8 heteroatoms. The number of carbonyl (C=O) groups excluding carboxylic acids is 2. The van der Waals surface area contributed by atoms with Gasteiger partial charge in [-0.05, 0) is 31.2 Å². The zero-order valence-corrected chi connectivity index (χ0v) is 13.3. The molecule has 1 aliphatic carbocycles. The molecule has 1 aliphatic rings. The third-order valence-corrected chi connectivity index (χ3v) is 5.00. The third-order valence-electron chi connectivity index (χ3n) is 3.82. The summed E-state index contributed by atoms with van der Waals surface area (Å²) in [5.41, 5.74) is 5.90. The molecular formula is C15H17N3O4S. The summed E-state index contributed by atoms with van der Waals surface area (Å²) >= 11 is 1.57. The number of nitrogens with one attached hydrogen (secondary N) is 1. The van der Waals surface area contributed by atoms with E-state index in [1.54, 1.807) is 11.3 Å². The molecule has 0 saturated carbocycles. The molecule has 2 aromatic heterocycles. The van der Waals surface area contributed by atoms with E-state index in [2.05, 4.69) is 14.7 Å². The molecule has 0 unspecified atom stereocenters. The van der Waals surface area contributed by atoms with E-state index in [-0.39, 0.29) is 18.4 Å². The van der Waals surface area contributed by atoms with Crippen LogP contribution >= 0.6 is 11.3 Å². The van der Waals surface area contributed by atoms with Crippen LogP contribution in [0.3, 0.4) is 0 Å². The number of ether oxygens (including phenoxy) is 1. The van der Waals surface area contributed by atoms with E-state index in [1.807, 2.05) is 0 Å². The average molecular weight is 335 g/mol. The topological polar surface area (TPSA) is 115 Å². The summed E-state index contributed by atoms with van der Waals surface area (Å²) < 4.78 is 4.68. The first kappa shape index (κ1) is 15.7. The molecule has 0 aromatic carbocycles. The van der Waals surface area contributed by atoms with Crippen molar-refractivity contribution in [1.29, 1.82) is 0 Å². The zero-order valence-electron chi connectivity index (χ0n) is 12.5. The quantitative estimate of drug-likeness (QED) is 0.785. The van der Waals surface area contributed by atoms with Crippen LogP contribution in [0, 0.1) is 0 Å². The first-order chi connectivity index (χ1) is 11.0. The summed E-state index contributed by atoms with van der Waals surface area (Å²) in [6.07, 6.45) is 4.48. The van der Waals surface area contributed by atoms with E-state index < -0.39 is 18.5 Å². The van der Waals surface area contributed by atoms with Crippen molar-refractivity contribution in [3.63, 3.8) is 0 Å². The Morgan fingerprint density at radius 2 is 2.09 bits per heavy atom. The van der Waals surface area contributed by atoms with Gasteiger partial charge in [0.05, 0.1) is 11.8 Å². The van der Waals surface area contributed by atoms with E-state index in [0.29, 0.717) is 11.2 Å². The molecule has 0 radical (unpaired) electrons. The smallest absolute Gasteiger partial charge is 0.306 e. The second-order valence-corrected chi connectivity index (χ2v) is 6.61. The molecule has 2 aromatic rings. The van der Waals surface area contributed by atoms with Gasteiger partial charge in [-0.25, -0.2) is 4.98 Å². The fourth-order valence-electron chi connectivity index (χ4n) is 2.77. The highest BCUT2D eigenvalue weighted by atomic mass is 32.1. The number of hydrogen-bond acceptors (Lipinski definition) is 6. The maximum atomic E-state index is 12.3. The molecule has 0 spiro atoms. The molecule has 23 heavy (non-hydrogen) atoms. The highest BCUT2D eigenvalue weighted by Crippen LogP contribution is 2.33. The van der Waals surface area contributed by atoms with Crippen LogP contribution in [0.1, 0.15) is 35.5 Å². The molecule has 0 aliphatic heterocycles. The van der Waals surface area contributed by atoms with Gasteiger partial charge in [-0.3, -0.25) is 14.4 Å². The van der Waals surface area contributed by atoms with Crippen molar-refractivity contribution in [3.8, 4) is 0 Å². The highest BCUT2D eigenvalue weighted by molar-refractivity contribution is 7.18. The van der Waals surface area contributed by atoms with Crippen LogP contribution in [0.4, 0.5) is 0 Å². The standard InChI is InChI=1S/C15H17N3O4S/c16-10(19)7-22-12(20)6-5-11-17-14(21)13-8-3-1-2-4-9(8)23-15(13)18-11/h1-7H2,(H2,16,19)(H,17,18,21). The molecular weight excluding hydrogens is 318 g/mol. The summed E-state index contributed by atoms with van der Waals surface area (Å²) in [6, 6.07) is 0. The van der Waals surface area contributed by atoms with Crippen LogP contribution in [0.25, 0.3) is 10.2 Å². The molecule has 3 N–H and O–H groups in total. The Bertz CT molecular complexity index is 824. The van der Waals surface area contributed by atoms with E-state index in [1.165, 1.54) is 4.88 Å². The highest BCUT2D eigenvalue weighted by Gasteiger charge is 2.19. The Hall–Kier alpha value is -2.22. The predicted molar refractivity (Wildman–Crippen MR) is 85.4 cm³/mol. The number of aryl methyl sites for hydroxylation is 3. The van der Waals surface area contributed by atoms with Crippen molar-refractivity contribution in [2.75, 3.05) is 6.61 Å². The van der Waals surface area contributed by atoms with Gasteiger partial charge >= 0.3 is 5.97 Å². The van der Waals surface area contributed by atoms with Crippen LogP contribution in [0.15, 0.2) is 4.79 Å². The second-order valence-electron chi connectivity index (χ2n) is 5.53. The van der Waals surface area contributed by atoms with E-state index >= 15 is 0 Å². The molecule has 2 heterocycles. The Labute approximate surface area is 135 Å². The number of fused-ring (bicyclic) bond motifs is 3. The second kappa shape index (κ2) is 6.49. The Morgan fingerprint density at radius 1 is 1.30 bits per heavy atom. The van der Waals surface area contributed by atoms with Gasteiger partial charge < -0.3 is 15.5 Å². The normalized spacial score (nSPS) is 13.7. The molecule has 7 nitrogen and oxygen atoms in total. The minimum absolute atomic E-state index is 0.0345. The molecule has 0 bridgehead atoms. The van der Waals surface area contributed by atoms with Gasteiger partial charge in [0.15, 0.2) is 6.61 Å². The Kier molecular flexibility index (Phi) is 4.42. The van der Waals surface area contributed by atoms with Crippen LogP contribution in [0.5, 0.6) is 0 Å². The number of H-pyrrole nitrogens is 1. The van der Waals surface area contributed by atoms with E-state index in [4.69, 9.17) is 5.73 Å². The Balaban J connectivity index is 1.76. The van der Waals surface area contributed by atoms with Gasteiger partial charge in [-0.1, -0.05) is 0 Å². The largest absolute Gasteiger partial charge is 0.456 e. The Morgan fingerprint density at radius 3 is 2.87 bits per heavy atom. The molecule has 122 valence electrons. The van der Waals surface area contributed by atoms with Gasteiger partial charge in [-0.2, -0.15) is 0 Å². The lowest BCUT2D eigenvalue weighted by molar-refractivity contribution is -0.147. The molecule has 0 atom stereocenters. The first-order valence-corrected chi connectivity index (χ1v) is 8.33. The fourth-order valence-corrected chi connectivity index (χ4v) is 4.05. The summed E-state index contributed by atoms with van der Waals surface area (Å²) in [5.74, 6) is -0.787. The van der Waals surface area contributed by atoms with Gasteiger partial charge in [0.1, 0.15) is 10.7 Å². The van der Waals surface area contributed by atoms with Crippen molar-refractivity contribution in [2.45, 2.75) is 38.5 Å². The summed E-state index contributed by atoms with van der Waals surface area (Å²) in [6.45, 7) is -0.431. The maximum Gasteiger partial charge on any atom is 0.306 e. The molecule has 3 rings (SSSR count). The lowest BCUT2D eigenvalue weighted by atomic mass is 9.97. The zero-order chi connectivity index (χ0) is 16.4. The molecule has 0 saturated heterocycles. The number of rotatable bonds is 5. The lowest BCUT2D eigenvalue weighted by Gasteiger charge is -2.09. The van der Waals surface area contributed by atoms with Gasteiger partial charge in [0, 0.05) is 11.3 Å². The van der Waals surface area contributed by atoms with E-state index in [0.717, 1.165) is 36.1 Å². The summed E-state index contributed by atoms with van der Waals surface area (Å²) in [5, 5.41) is 0.699. The number of esters is 1. The molecule has 0 fully saturated rings. The van der Waals surface area contributed by atoms with Crippen LogP contribution in [-0.4, -0.2) is 28.5 Å². The van der Waals surface area contributed by atoms with Crippen molar-refractivity contribution in [1.82, 2.24) is 9.97 Å². The monoisotopic (exact) mass is 335 g/mol. The number of aromatic nitrogens is 2. The van der Waals surface area contributed by atoms with Crippen molar-refractivity contribution in [2.24, 2.45) is 5.73 Å². The van der Waals surface area contributed by atoms with Crippen LogP contribution in [-0.2, 0) is 33.6 Å². The number of hydrogen-bond donors (Lipinski definition) is 2. The number of primary amides is 1. The van der Waals surface area contributed by atoms with Crippen molar-refractivity contribution >= 4 is 33.4 Å². The minimum atomic E-state index is -0.699. The fraction of sp³-hybridized carbons (Fsp3) is 0.467. The number of aromatic amines is 1. The number of nitrogens with two attached hydrogens (primary N) is 1. The van der Waals surface area contributed by atoms with Crippen LogP contribution < -0.4 is 11.3 Å². The number of thiophene rings is 1. The number of amides is 1. The van der Waals surface area contributed by atoms with Crippen molar-refractivity contribution < 1.29 is 14.3 Å². The SMILES string of the molecule is NC(=O)COC(=O)CCc1nc2sc3c(c2c(=O)[nH]1)CCCC3. The van der Waals surface area contributed by atoms with Crippen molar-refractivity contribution in [3.05, 3.63) is 26.6 Å². The van der Waals surface area contributed by atoms with Gasteiger partial charge in [-0.15, -0.1) is 11.3 Å². The minimum Gasteiger partial charge on any atom is -0.456 e. The third kappa shape index (κ3) is 3.42. The first-order valence-electron chi connectivity index (χ1n) is 7.52. The van der Waals surface area contributed by atoms with Crippen LogP contribution in [0.2, 0.25) is 0 Å². The van der Waals surface area contributed by atoms with Gasteiger partial charge in [0.25, 0.3) is 11.5 Å². The number of nitrogens with zero attached hydrogens (tertiary/aromatic N) is 1. The average Bonchev–Trinajstić information content (AvgIpc) is 2.89. The summed E-state index contributed by atoms with van der Waals surface area (Å²) in [4.78, 5) is 43.6. The van der Waals surface area contributed by atoms with E-state index in [9.17, 15) is 14.4 Å². The maximum absolute atomic E-state index is 12.3. The molecule has 1 amide bonds. The lowest BCUT2D eigenvalue weighted by Crippen LogP contribution is -2.21. The van der Waals surface area contributed by atoms with Gasteiger partial charge in [0.2, 0.25) is 0 Å². The predicted octanol–water partition coefficient (Wildman–Crippen LogP) is 0.825.